The van der Waals surface area contributed by atoms with Crippen molar-refractivity contribution in [1.82, 2.24) is 30.3 Å². The number of nitrogens with one attached hydrogen (secondary N) is 2. The molecule has 1 amide bonds. The van der Waals surface area contributed by atoms with Gasteiger partial charge in [0, 0.05) is 19.2 Å². The molecule has 4 N–H and O–H groups in total. The van der Waals surface area contributed by atoms with Gasteiger partial charge >= 0.3 is 0 Å². The molecule has 0 spiro atoms. The summed E-state index contributed by atoms with van der Waals surface area (Å²) in [6.45, 7) is 2.18. The van der Waals surface area contributed by atoms with Crippen LogP contribution in [0.15, 0.2) is 12.4 Å². The summed E-state index contributed by atoms with van der Waals surface area (Å²) in [6.07, 6.45) is 3.62. The number of aromatic amines is 1. The Bertz CT molecular complexity index is 564. The number of aromatic nitrogens is 5. The van der Waals surface area contributed by atoms with Crippen LogP contribution in [0.25, 0.3) is 0 Å². The molecule has 1 atom stereocenters. The van der Waals surface area contributed by atoms with E-state index < -0.39 is 6.04 Å². The summed E-state index contributed by atoms with van der Waals surface area (Å²) >= 11 is 5.75. The quantitative estimate of drug-likeness (QED) is 0.723. The Hall–Kier alpha value is -2.09. The van der Waals surface area contributed by atoms with Crippen molar-refractivity contribution in [2.45, 2.75) is 19.4 Å². The van der Waals surface area contributed by atoms with E-state index in [0.29, 0.717) is 23.8 Å². The third kappa shape index (κ3) is 3.44. The number of rotatable bonds is 5. The fourth-order valence-corrected chi connectivity index (χ4v) is 1.66. The summed E-state index contributed by atoms with van der Waals surface area (Å²) in [5, 5.41) is 13.6. The highest BCUT2D eigenvalue weighted by molar-refractivity contribution is 6.30. The molecule has 0 bridgehead atoms. The van der Waals surface area contributed by atoms with Gasteiger partial charge in [-0.05, 0) is 6.92 Å². The number of carbonyl (C=O) groups excluding carboxylic acids is 1. The van der Waals surface area contributed by atoms with Crippen LogP contribution in [0.5, 0.6) is 0 Å². The zero-order valence-electron chi connectivity index (χ0n) is 10.3. The maximum absolute atomic E-state index is 11.9. The first-order valence-corrected chi connectivity index (χ1v) is 6.08. The van der Waals surface area contributed by atoms with E-state index >= 15 is 0 Å². The van der Waals surface area contributed by atoms with Crippen molar-refractivity contribution in [3.05, 3.63) is 23.2 Å². The largest absolute Gasteiger partial charge is 0.367 e. The second-order valence-corrected chi connectivity index (χ2v) is 4.43. The molecular formula is C10H14ClN7O. The van der Waals surface area contributed by atoms with Crippen LogP contribution in [0, 0.1) is 0 Å². The van der Waals surface area contributed by atoms with E-state index in [1.54, 1.807) is 13.1 Å². The first-order valence-electron chi connectivity index (χ1n) is 5.70. The van der Waals surface area contributed by atoms with E-state index in [1.165, 1.54) is 10.9 Å². The van der Waals surface area contributed by atoms with Gasteiger partial charge in [0.15, 0.2) is 0 Å². The number of amides is 1. The number of hydrogen-bond donors (Lipinski definition) is 3. The Kier molecular flexibility index (Phi) is 4.00. The first kappa shape index (κ1) is 13.3. The second-order valence-electron chi connectivity index (χ2n) is 4.00. The third-order valence-corrected chi connectivity index (χ3v) is 2.75. The number of nitrogens with two attached hydrogens (primary N) is 1. The van der Waals surface area contributed by atoms with E-state index in [1.807, 2.05) is 0 Å². The van der Waals surface area contributed by atoms with Crippen molar-refractivity contribution in [1.29, 1.82) is 0 Å². The van der Waals surface area contributed by atoms with Gasteiger partial charge in [-0.3, -0.25) is 14.6 Å². The first-order chi connectivity index (χ1) is 9.06. The summed E-state index contributed by atoms with van der Waals surface area (Å²) in [5.74, 6) is 0.681. The molecule has 0 radical (unpaired) electrons. The standard InChI is InChI=1S/C10H14ClN7O/c1-6(18-5-7(11)4-14-18)9(19)13-3-2-8-15-10(12)17-16-8/h4-6H,2-3H2,1H3,(H,13,19)(H3,12,15,16,17)/t6-/m0/s1. The molecule has 8 nitrogen and oxygen atoms in total. The lowest BCUT2D eigenvalue weighted by Crippen LogP contribution is -2.32. The summed E-state index contributed by atoms with van der Waals surface area (Å²) in [6, 6.07) is -0.424. The SMILES string of the molecule is C[C@@H](C(=O)NCCc1nc(N)n[nH]1)n1cc(Cl)cn1. The van der Waals surface area contributed by atoms with Crippen LogP contribution in [0.3, 0.4) is 0 Å². The monoisotopic (exact) mass is 283 g/mol. The molecule has 19 heavy (non-hydrogen) atoms. The van der Waals surface area contributed by atoms with Crippen molar-refractivity contribution in [2.75, 3.05) is 12.3 Å². The van der Waals surface area contributed by atoms with Gasteiger partial charge in [0.25, 0.3) is 0 Å². The highest BCUT2D eigenvalue weighted by atomic mass is 35.5. The second kappa shape index (κ2) is 5.70. The lowest BCUT2D eigenvalue weighted by Gasteiger charge is -2.11. The minimum absolute atomic E-state index is 0.146. The van der Waals surface area contributed by atoms with E-state index in [-0.39, 0.29) is 11.9 Å². The summed E-state index contributed by atoms with van der Waals surface area (Å²) < 4.78 is 1.50. The minimum Gasteiger partial charge on any atom is -0.367 e. The highest BCUT2D eigenvalue weighted by Gasteiger charge is 2.15. The molecule has 0 aromatic carbocycles. The van der Waals surface area contributed by atoms with Crippen LogP contribution in [0.2, 0.25) is 5.02 Å². The number of anilines is 1. The number of nitrogen functional groups attached to an aromatic ring is 1. The van der Waals surface area contributed by atoms with Crippen LogP contribution in [0.4, 0.5) is 5.95 Å². The molecule has 2 aromatic rings. The molecule has 0 saturated heterocycles. The molecule has 0 aliphatic rings. The van der Waals surface area contributed by atoms with Crippen molar-refractivity contribution >= 4 is 23.5 Å². The normalized spacial score (nSPS) is 12.3. The Morgan fingerprint density at radius 3 is 3.05 bits per heavy atom. The Balaban J connectivity index is 1.81. The summed E-state index contributed by atoms with van der Waals surface area (Å²) in [4.78, 5) is 15.8. The van der Waals surface area contributed by atoms with Gasteiger partial charge in [-0.1, -0.05) is 11.6 Å². The molecule has 0 unspecified atom stereocenters. The predicted octanol–water partition coefficient (Wildman–Crippen LogP) is 0.157. The smallest absolute Gasteiger partial charge is 0.244 e. The zero-order chi connectivity index (χ0) is 13.8. The van der Waals surface area contributed by atoms with Crippen molar-refractivity contribution in [3.63, 3.8) is 0 Å². The molecule has 2 aromatic heterocycles. The van der Waals surface area contributed by atoms with Gasteiger partial charge in [0.05, 0.1) is 11.2 Å². The summed E-state index contributed by atoms with van der Waals surface area (Å²) in [7, 11) is 0. The lowest BCUT2D eigenvalue weighted by atomic mass is 10.3. The Morgan fingerprint density at radius 2 is 2.47 bits per heavy atom. The Morgan fingerprint density at radius 1 is 1.68 bits per heavy atom. The minimum atomic E-state index is -0.424. The fraction of sp³-hybridized carbons (Fsp3) is 0.400. The van der Waals surface area contributed by atoms with Crippen molar-refractivity contribution in [3.8, 4) is 0 Å². The maximum atomic E-state index is 11.9. The van der Waals surface area contributed by atoms with Crippen LogP contribution < -0.4 is 11.1 Å². The van der Waals surface area contributed by atoms with Crippen LogP contribution in [-0.4, -0.2) is 37.4 Å². The molecule has 9 heteroatoms. The van der Waals surface area contributed by atoms with Crippen LogP contribution in [0.1, 0.15) is 18.8 Å². The van der Waals surface area contributed by atoms with Gasteiger partial charge < -0.3 is 11.1 Å². The number of nitrogens with zero attached hydrogens (tertiary/aromatic N) is 4. The molecule has 0 saturated carbocycles. The topological polar surface area (TPSA) is 115 Å². The number of halogens is 1. The summed E-state index contributed by atoms with van der Waals surface area (Å²) in [5.41, 5.74) is 5.37. The fourth-order valence-electron chi connectivity index (χ4n) is 1.52. The van der Waals surface area contributed by atoms with Crippen LogP contribution >= 0.6 is 11.6 Å². The highest BCUT2D eigenvalue weighted by Crippen LogP contribution is 2.10. The van der Waals surface area contributed by atoms with Gasteiger partial charge in [-0.25, -0.2) is 0 Å². The van der Waals surface area contributed by atoms with E-state index in [4.69, 9.17) is 17.3 Å². The molecule has 0 aliphatic heterocycles. The average molecular weight is 284 g/mol. The van der Waals surface area contributed by atoms with Gasteiger partial charge in [0.2, 0.25) is 11.9 Å². The lowest BCUT2D eigenvalue weighted by molar-refractivity contribution is -0.124. The van der Waals surface area contributed by atoms with Gasteiger partial charge in [-0.15, -0.1) is 5.10 Å². The number of carbonyl (C=O) groups is 1. The molecule has 0 aliphatic carbocycles. The van der Waals surface area contributed by atoms with Crippen molar-refractivity contribution < 1.29 is 4.79 Å². The Labute approximate surface area is 114 Å². The van der Waals surface area contributed by atoms with E-state index in [2.05, 4.69) is 25.6 Å². The average Bonchev–Trinajstić information content (AvgIpc) is 2.97. The van der Waals surface area contributed by atoms with Crippen LogP contribution in [-0.2, 0) is 11.2 Å². The van der Waals surface area contributed by atoms with E-state index in [0.717, 1.165) is 0 Å². The third-order valence-electron chi connectivity index (χ3n) is 2.56. The van der Waals surface area contributed by atoms with Gasteiger partial charge in [-0.2, -0.15) is 10.1 Å². The molecule has 2 rings (SSSR count). The van der Waals surface area contributed by atoms with Gasteiger partial charge in [0.1, 0.15) is 11.9 Å². The number of H-pyrrole nitrogens is 1. The van der Waals surface area contributed by atoms with Crippen molar-refractivity contribution in [2.24, 2.45) is 0 Å². The molecule has 2 heterocycles. The molecule has 102 valence electrons. The molecular weight excluding hydrogens is 270 g/mol. The zero-order valence-corrected chi connectivity index (χ0v) is 11.1. The number of hydrogen-bond acceptors (Lipinski definition) is 5. The van der Waals surface area contributed by atoms with E-state index in [9.17, 15) is 4.79 Å². The maximum Gasteiger partial charge on any atom is 0.244 e. The predicted molar refractivity (Wildman–Crippen MR) is 69.5 cm³/mol. The molecule has 0 fully saturated rings.